The third kappa shape index (κ3) is 2.72. The van der Waals surface area contributed by atoms with E-state index in [9.17, 15) is 5.11 Å². The number of aliphatic hydroxyl groups is 1. The van der Waals surface area contributed by atoms with Gasteiger partial charge < -0.3 is 9.84 Å². The van der Waals surface area contributed by atoms with E-state index in [2.05, 4.69) is 48.8 Å². The fraction of sp³-hybridized carbons (Fsp3) is 0.333. The van der Waals surface area contributed by atoms with Crippen LogP contribution < -0.4 is 4.74 Å². The molecule has 0 amide bonds. The molecular formula is C18H19BrO2. The summed E-state index contributed by atoms with van der Waals surface area (Å²) >= 11 is 3.46. The number of rotatable bonds is 1. The van der Waals surface area contributed by atoms with E-state index in [1.807, 2.05) is 18.2 Å². The van der Waals surface area contributed by atoms with E-state index in [-0.39, 0.29) is 6.10 Å². The molecule has 0 bridgehead atoms. The van der Waals surface area contributed by atoms with Crippen molar-refractivity contribution in [3.63, 3.8) is 0 Å². The number of hydrogen-bond acceptors (Lipinski definition) is 2. The molecule has 2 aromatic rings. The van der Waals surface area contributed by atoms with Gasteiger partial charge in [-0.15, -0.1) is 0 Å². The van der Waals surface area contributed by atoms with Crippen molar-refractivity contribution in [1.29, 1.82) is 0 Å². The molecule has 0 aliphatic carbocycles. The smallest absolute Gasteiger partial charge is 0.127 e. The zero-order chi connectivity index (χ0) is 15.1. The molecule has 1 aliphatic rings. The molecule has 2 nitrogen and oxygen atoms in total. The summed E-state index contributed by atoms with van der Waals surface area (Å²) < 4.78 is 7.12. The average Bonchev–Trinajstić information content (AvgIpc) is 2.42. The van der Waals surface area contributed by atoms with Crippen molar-refractivity contribution in [2.24, 2.45) is 0 Å². The van der Waals surface area contributed by atoms with Gasteiger partial charge in [0.25, 0.3) is 0 Å². The molecule has 3 heteroatoms. The largest absolute Gasteiger partial charge is 0.485 e. The Labute approximate surface area is 133 Å². The first kappa shape index (κ1) is 14.6. The van der Waals surface area contributed by atoms with Crippen molar-refractivity contribution in [3.8, 4) is 5.75 Å². The summed E-state index contributed by atoms with van der Waals surface area (Å²) in [6.07, 6.45) is 0.0202. The molecule has 2 unspecified atom stereocenters. The zero-order valence-corrected chi connectivity index (χ0v) is 14.1. The van der Waals surface area contributed by atoms with E-state index in [1.54, 1.807) is 0 Å². The minimum Gasteiger partial charge on any atom is -0.485 e. The van der Waals surface area contributed by atoms with Gasteiger partial charge in [-0.25, -0.2) is 0 Å². The Hall–Kier alpha value is -1.32. The molecule has 110 valence electrons. The van der Waals surface area contributed by atoms with Gasteiger partial charge >= 0.3 is 0 Å². The van der Waals surface area contributed by atoms with Crippen LogP contribution in [0.2, 0.25) is 0 Å². The minimum absolute atomic E-state index is 0.0962. The SMILES string of the molecule is Cc1cc(C)c(C2CC(O)c3ccc(Br)cc3O2)cc1C. The van der Waals surface area contributed by atoms with Crippen LogP contribution in [0, 0.1) is 20.8 Å². The Morgan fingerprint density at radius 3 is 2.48 bits per heavy atom. The van der Waals surface area contributed by atoms with Crippen LogP contribution in [-0.4, -0.2) is 5.11 Å². The quantitative estimate of drug-likeness (QED) is 0.792. The molecule has 2 aromatic carbocycles. The maximum absolute atomic E-state index is 10.4. The van der Waals surface area contributed by atoms with E-state index in [0.29, 0.717) is 6.42 Å². The first-order valence-electron chi connectivity index (χ1n) is 7.17. The topological polar surface area (TPSA) is 29.5 Å². The first-order chi connectivity index (χ1) is 9.95. The normalized spacial score (nSPS) is 20.8. The van der Waals surface area contributed by atoms with Gasteiger partial charge in [-0.1, -0.05) is 34.1 Å². The minimum atomic E-state index is -0.479. The summed E-state index contributed by atoms with van der Waals surface area (Å²) in [6.45, 7) is 6.34. The van der Waals surface area contributed by atoms with Crippen molar-refractivity contribution in [2.45, 2.75) is 39.4 Å². The molecule has 0 fully saturated rings. The van der Waals surface area contributed by atoms with Crippen LogP contribution in [0.1, 0.15) is 46.4 Å². The molecule has 0 saturated heterocycles. The molecule has 2 atom stereocenters. The van der Waals surface area contributed by atoms with Crippen LogP contribution in [0.25, 0.3) is 0 Å². The van der Waals surface area contributed by atoms with Crippen LogP contribution in [0.5, 0.6) is 5.75 Å². The molecule has 0 radical (unpaired) electrons. The fourth-order valence-electron chi connectivity index (χ4n) is 2.94. The fourth-order valence-corrected chi connectivity index (χ4v) is 3.28. The lowest BCUT2D eigenvalue weighted by Gasteiger charge is -2.31. The van der Waals surface area contributed by atoms with Crippen LogP contribution in [-0.2, 0) is 0 Å². The van der Waals surface area contributed by atoms with Crippen LogP contribution in [0.3, 0.4) is 0 Å². The van der Waals surface area contributed by atoms with Gasteiger partial charge in [0.1, 0.15) is 11.9 Å². The molecule has 0 spiro atoms. The van der Waals surface area contributed by atoms with E-state index >= 15 is 0 Å². The van der Waals surface area contributed by atoms with Crippen LogP contribution in [0.4, 0.5) is 0 Å². The monoisotopic (exact) mass is 346 g/mol. The second-order valence-corrected chi connectivity index (χ2v) is 6.75. The molecule has 1 aliphatic heterocycles. The number of hydrogen-bond donors (Lipinski definition) is 1. The summed E-state index contributed by atoms with van der Waals surface area (Å²) in [5.74, 6) is 0.769. The van der Waals surface area contributed by atoms with Gasteiger partial charge in [0, 0.05) is 16.5 Å². The Kier molecular flexibility index (Phi) is 3.80. The number of fused-ring (bicyclic) bond motifs is 1. The highest BCUT2D eigenvalue weighted by molar-refractivity contribution is 9.10. The Bertz CT molecular complexity index is 694. The summed E-state index contributed by atoms with van der Waals surface area (Å²) in [4.78, 5) is 0. The molecule has 0 aromatic heterocycles. The van der Waals surface area contributed by atoms with Gasteiger partial charge in [0.2, 0.25) is 0 Å². The highest BCUT2D eigenvalue weighted by Gasteiger charge is 2.29. The van der Waals surface area contributed by atoms with E-state index in [1.165, 1.54) is 22.3 Å². The maximum Gasteiger partial charge on any atom is 0.127 e. The predicted molar refractivity (Wildman–Crippen MR) is 87.7 cm³/mol. The lowest BCUT2D eigenvalue weighted by molar-refractivity contribution is 0.0653. The Morgan fingerprint density at radius 1 is 1.00 bits per heavy atom. The molecule has 1 heterocycles. The Balaban J connectivity index is 2.01. The molecule has 21 heavy (non-hydrogen) atoms. The summed E-state index contributed by atoms with van der Waals surface area (Å²) in [5, 5.41) is 10.4. The van der Waals surface area contributed by atoms with Crippen LogP contribution >= 0.6 is 15.9 Å². The molecule has 1 N–H and O–H groups in total. The standard InChI is InChI=1S/C18H19BrO2/c1-10-6-12(3)15(7-11(10)2)18-9-16(20)14-5-4-13(19)8-17(14)21-18/h4-8,16,18,20H,9H2,1-3H3. The van der Waals surface area contributed by atoms with Crippen molar-refractivity contribution < 1.29 is 9.84 Å². The number of benzene rings is 2. The predicted octanol–water partition coefficient (Wildman–Crippen LogP) is 4.93. The number of aliphatic hydroxyl groups excluding tert-OH is 1. The zero-order valence-electron chi connectivity index (χ0n) is 12.5. The van der Waals surface area contributed by atoms with E-state index in [0.717, 1.165) is 15.8 Å². The second-order valence-electron chi connectivity index (χ2n) is 5.83. The van der Waals surface area contributed by atoms with E-state index in [4.69, 9.17) is 4.74 Å². The molecule has 3 rings (SSSR count). The second kappa shape index (κ2) is 5.47. The van der Waals surface area contributed by atoms with Crippen molar-refractivity contribution in [3.05, 3.63) is 62.6 Å². The number of aryl methyl sites for hydroxylation is 3. The average molecular weight is 347 g/mol. The first-order valence-corrected chi connectivity index (χ1v) is 7.97. The third-order valence-corrected chi connectivity index (χ3v) is 4.76. The lowest BCUT2D eigenvalue weighted by atomic mass is 9.91. The van der Waals surface area contributed by atoms with Crippen LogP contribution in [0.15, 0.2) is 34.8 Å². The van der Waals surface area contributed by atoms with Gasteiger partial charge in [0.05, 0.1) is 6.10 Å². The van der Waals surface area contributed by atoms with Gasteiger partial charge in [-0.05, 0) is 55.2 Å². The highest BCUT2D eigenvalue weighted by atomic mass is 79.9. The third-order valence-electron chi connectivity index (χ3n) is 4.27. The lowest BCUT2D eigenvalue weighted by Crippen LogP contribution is -2.20. The highest BCUT2D eigenvalue weighted by Crippen LogP contribution is 2.42. The van der Waals surface area contributed by atoms with Gasteiger partial charge in [0.15, 0.2) is 0 Å². The molecule has 0 saturated carbocycles. The van der Waals surface area contributed by atoms with E-state index < -0.39 is 6.10 Å². The number of ether oxygens (including phenoxy) is 1. The summed E-state index contributed by atoms with van der Waals surface area (Å²) in [5.41, 5.74) is 5.80. The van der Waals surface area contributed by atoms with Crippen molar-refractivity contribution >= 4 is 15.9 Å². The van der Waals surface area contributed by atoms with Crippen molar-refractivity contribution in [2.75, 3.05) is 0 Å². The summed E-state index contributed by atoms with van der Waals surface area (Å²) in [7, 11) is 0. The number of halogens is 1. The van der Waals surface area contributed by atoms with Gasteiger partial charge in [-0.2, -0.15) is 0 Å². The Morgan fingerprint density at radius 2 is 1.71 bits per heavy atom. The van der Waals surface area contributed by atoms with Crippen molar-refractivity contribution in [1.82, 2.24) is 0 Å². The maximum atomic E-state index is 10.4. The van der Waals surface area contributed by atoms with Gasteiger partial charge in [-0.3, -0.25) is 0 Å². The summed E-state index contributed by atoms with van der Waals surface area (Å²) in [6, 6.07) is 10.2. The molecular weight excluding hydrogens is 328 g/mol.